The van der Waals surface area contributed by atoms with Crippen LogP contribution >= 0.6 is 0 Å². The Morgan fingerprint density at radius 2 is 1.85 bits per heavy atom. The van der Waals surface area contributed by atoms with E-state index >= 15 is 0 Å². The molecule has 0 aliphatic heterocycles. The van der Waals surface area contributed by atoms with Crippen LogP contribution in [-0.4, -0.2) is 11.6 Å². The SMILES string of the molecule is CC1C2CC3CC1C(=O)C(C2)C3=O. The average Bonchev–Trinajstić information content (AvgIpc) is 2.10. The second-order valence-electron chi connectivity index (χ2n) is 4.99. The van der Waals surface area contributed by atoms with Crippen LogP contribution < -0.4 is 0 Å². The first kappa shape index (κ1) is 7.72. The molecule has 4 bridgehead atoms. The highest BCUT2D eigenvalue weighted by Gasteiger charge is 2.55. The summed E-state index contributed by atoms with van der Waals surface area (Å²) in [5.74, 6) is 2.06. The van der Waals surface area contributed by atoms with Crippen LogP contribution in [0.4, 0.5) is 0 Å². The number of hydrogen-bond acceptors (Lipinski definition) is 2. The minimum Gasteiger partial charge on any atom is -0.299 e. The van der Waals surface area contributed by atoms with E-state index in [1.165, 1.54) is 0 Å². The van der Waals surface area contributed by atoms with Crippen molar-refractivity contribution in [1.82, 2.24) is 0 Å². The number of ketones is 2. The van der Waals surface area contributed by atoms with Gasteiger partial charge in [0, 0.05) is 11.8 Å². The van der Waals surface area contributed by atoms with Gasteiger partial charge in [-0.2, -0.15) is 0 Å². The zero-order chi connectivity index (χ0) is 9.16. The fraction of sp³-hybridized carbons (Fsp3) is 0.818. The second-order valence-corrected chi connectivity index (χ2v) is 4.99. The predicted molar refractivity (Wildman–Crippen MR) is 47.0 cm³/mol. The summed E-state index contributed by atoms with van der Waals surface area (Å²) in [5.41, 5.74) is 0. The maximum Gasteiger partial charge on any atom is 0.146 e. The summed E-state index contributed by atoms with van der Waals surface area (Å²) in [7, 11) is 0. The van der Waals surface area contributed by atoms with Crippen molar-refractivity contribution in [2.75, 3.05) is 0 Å². The molecule has 0 saturated heterocycles. The van der Waals surface area contributed by atoms with Crippen LogP contribution in [0.2, 0.25) is 0 Å². The molecule has 0 aromatic heterocycles. The molecule has 2 heteroatoms. The van der Waals surface area contributed by atoms with E-state index in [4.69, 9.17) is 0 Å². The highest BCUT2D eigenvalue weighted by molar-refractivity contribution is 6.07. The fourth-order valence-electron chi connectivity index (χ4n) is 3.66. The molecule has 0 radical (unpaired) electrons. The molecule has 2 nitrogen and oxygen atoms in total. The Morgan fingerprint density at radius 1 is 1.08 bits per heavy atom. The molecular weight excluding hydrogens is 164 g/mol. The summed E-state index contributed by atoms with van der Waals surface area (Å²) < 4.78 is 0. The van der Waals surface area contributed by atoms with Gasteiger partial charge in [-0.1, -0.05) is 6.92 Å². The molecule has 0 amide bonds. The largest absolute Gasteiger partial charge is 0.299 e. The summed E-state index contributed by atoms with van der Waals surface area (Å²) in [4.78, 5) is 23.4. The molecule has 13 heavy (non-hydrogen) atoms. The zero-order valence-electron chi connectivity index (χ0n) is 7.82. The topological polar surface area (TPSA) is 34.1 Å². The first-order valence-electron chi connectivity index (χ1n) is 5.26. The monoisotopic (exact) mass is 178 g/mol. The number of Topliss-reactive ketones (excluding diaryl/α,β-unsaturated/α-hetero) is 2. The lowest BCUT2D eigenvalue weighted by molar-refractivity contribution is -0.157. The van der Waals surface area contributed by atoms with E-state index in [0.29, 0.717) is 11.8 Å². The molecule has 4 aliphatic carbocycles. The van der Waals surface area contributed by atoms with Crippen molar-refractivity contribution in [2.45, 2.75) is 26.2 Å². The van der Waals surface area contributed by atoms with Gasteiger partial charge >= 0.3 is 0 Å². The van der Waals surface area contributed by atoms with Crippen LogP contribution in [-0.2, 0) is 9.59 Å². The van der Waals surface area contributed by atoms with Crippen LogP contribution in [0.5, 0.6) is 0 Å². The van der Waals surface area contributed by atoms with Crippen molar-refractivity contribution in [2.24, 2.45) is 29.6 Å². The fourth-order valence-corrected chi connectivity index (χ4v) is 3.66. The molecule has 5 unspecified atom stereocenters. The Bertz CT molecular complexity index is 294. The zero-order valence-corrected chi connectivity index (χ0v) is 7.82. The van der Waals surface area contributed by atoms with Gasteiger partial charge in [0.2, 0.25) is 0 Å². The first-order valence-corrected chi connectivity index (χ1v) is 5.26. The molecule has 4 saturated carbocycles. The van der Waals surface area contributed by atoms with E-state index in [0.717, 1.165) is 19.3 Å². The van der Waals surface area contributed by atoms with Gasteiger partial charge in [0.1, 0.15) is 11.6 Å². The number of hydrogen-bond donors (Lipinski definition) is 0. The molecule has 0 N–H and O–H groups in total. The van der Waals surface area contributed by atoms with E-state index in [2.05, 4.69) is 6.92 Å². The van der Waals surface area contributed by atoms with Gasteiger partial charge in [-0.05, 0) is 31.1 Å². The van der Waals surface area contributed by atoms with Crippen LogP contribution in [0.1, 0.15) is 26.2 Å². The van der Waals surface area contributed by atoms with Crippen molar-refractivity contribution in [3.63, 3.8) is 0 Å². The Morgan fingerprint density at radius 3 is 2.62 bits per heavy atom. The first-order chi connectivity index (χ1) is 6.18. The molecule has 5 atom stereocenters. The van der Waals surface area contributed by atoms with Crippen molar-refractivity contribution < 1.29 is 9.59 Å². The summed E-state index contributed by atoms with van der Waals surface area (Å²) in [6, 6.07) is 0. The van der Waals surface area contributed by atoms with Crippen LogP contribution in [0.25, 0.3) is 0 Å². The molecule has 0 aromatic carbocycles. The predicted octanol–water partition coefficient (Wildman–Crippen LogP) is 1.44. The molecule has 4 aliphatic rings. The van der Waals surface area contributed by atoms with Crippen LogP contribution in [0.15, 0.2) is 0 Å². The minimum absolute atomic E-state index is 0.182. The molecule has 0 spiro atoms. The Balaban J connectivity index is 2.04. The van der Waals surface area contributed by atoms with Gasteiger partial charge in [-0.3, -0.25) is 9.59 Å². The van der Waals surface area contributed by atoms with Crippen LogP contribution in [0.3, 0.4) is 0 Å². The normalized spacial score (nSPS) is 53.2. The van der Waals surface area contributed by atoms with Gasteiger partial charge in [0.05, 0.1) is 5.92 Å². The summed E-state index contributed by atoms with van der Waals surface area (Å²) in [6.07, 6.45) is 2.80. The lowest BCUT2D eigenvalue weighted by Crippen LogP contribution is -2.55. The van der Waals surface area contributed by atoms with Gasteiger partial charge in [0.15, 0.2) is 0 Å². The third-order valence-electron chi connectivity index (χ3n) is 4.50. The van der Waals surface area contributed by atoms with Gasteiger partial charge in [-0.25, -0.2) is 0 Å². The summed E-state index contributed by atoms with van der Waals surface area (Å²) >= 11 is 0. The van der Waals surface area contributed by atoms with Crippen molar-refractivity contribution in [1.29, 1.82) is 0 Å². The van der Waals surface area contributed by atoms with E-state index in [-0.39, 0.29) is 29.3 Å². The second kappa shape index (κ2) is 2.23. The highest BCUT2D eigenvalue weighted by Crippen LogP contribution is 2.52. The van der Waals surface area contributed by atoms with Crippen LogP contribution in [0, 0.1) is 29.6 Å². The number of carbonyl (C=O) groups excluding carboxylic acids is 2. The average molecular weight is 178 g/mol. The maximum absolute atomic E-state index is 11.8. The van der Waals surface area contributed by atoms with Crippen molar-refractivity contribution >= 4 is 11.6 Å². The van der Waals surface area contributed by atoms with Gasteiger partial charge in [0.25, 0.3) is 0 Å². The Kier molecular flexibility index (Phi) is 1.32. The maximum atomic E-state index is 11.8. The molecule has 70 valence electrons. The molecule has 0 aromatic rings. The van der Waals surface area contributed by atoms with E-state index < -0.39 is 0 Å². The van der Waals surface area contributed by atoms with Crippen molar-refractivity contribution in [3.05, 3.63) is 0 Å². The minimum atomic E-state index is -0.182. The van der Waals surface area contributed by atoms with E-state index in [9.17, 15) is 9.59 Å². The lowest BCUT2D eigenvalue weighted by Gasteiger charge is -2.51. The summed E-state index contributed by atoms with van der Waals surface area (Å²) in [5, 5.41) is 0. The van der Waals surface area contributed by atoms with Gasteiger partial charge < -0.3 is 0 Å². The number of carbonyl (C=O) groups is 2. The quantitative estimate of drug-likeness (QED) is 0.526. The third kappa shape index (κ3) is 0.792. The van der Waals surface area contributed by atoms with E-state index in [1.807, 2.05) is 0 Å². The molecule has 4 fully saturated rings. The Labute approximate surface area is 77.7 Å². The van der Waals surface area contributed by atoms with E-state index in [1.54, 1.807) is 0 Å². The molecule has 0 heterocycles. The van der Waals surface area contributed by atoms with Gasteiger partial charge in [-0.15, -0.1) is 0 Å². The lowest BCUT2D eigenvalue weighted by atomic mass is 9.51. The third-order valence-corrected chi connectivity index (χ3v) is 4.50. The van der Waals surface area contributed by atoms with Crippen molar-refractivity contribution in [3.8, 4) is 0 Å². The smallest absolute Gasteiger partial charge is 0.146 e. The molecule has 4 rings (SSSR count). The molecular formula is C11H14O2. The summed E-state index contributed by atoms with van der Waals surface area (Å²) in [6.45, 7) is 2.19. The Hall–Kier alpha value is -0.660. The standard InChI is InChI=1S/C11H14O2/c1-5-6-2-7-4-8(5)11(13)9(3-6)10(7)12/h5-9H,2-4H2,1H3. The highest BCUT2D eigenvalue weighted by atomic mass is 16.2. The number of rotatable bonds is 0.